The zero-order chi connectivity index (χ0) is 16.7. The normalized spacial score (nSPS) is 18.7. The molecule has 1 heterocycles. The maximum atomic E-state index is 12.0. The number of likely N-dealkylation sites (tertiary alicyclic amines) is 1. The van der Waals surface area contributed by atoms with Crippen molar-refractivity contribution >= 4 is 11.9 Å². The summed E-state index contributed by atoms with van der Waals surface area (Å²) in [6.07, 6.45) is 1.44. The van der Waals surface area contributed by atoms with Gasteiger partial charge in [-0.05, 0) is 25.3 Å². The summed E-state index contributed by atoms with van der Waals surface area (Å²) in [6.45, 7) is 4.16. The molecule has 2 atom stereocenters. The summed E-state index contributed by atoms with van der Waals surface area (Å²) in [5.74, 6) is -0.542. The van der Waals surface area contributed by atoms with Gasteiger partial charge in [0.15, 0.2) is 0 Å². The summed E-state index contributed by atoms with van der Waals surface area (Å²) in [5, 5.41) is 2.85. The van der Waals surface area contributed by atoms with Crippen molar-refractivity contribution in [1.29, 1.82) is 0 Å². The number of nitrogens with one attached hydrogen (secondary N) is 1. The summed E-state index contributed by atoms with van der Waals surface area (Å²) in [5.41, 5.74) is 6.41. The number of primary amides is 1. The first-order valence-electron chi connectivity index (χ1n) is 8.06. The Kier molecular flexibility index (Phi) is 6.40. The molecule has 6 heteroatoms. The van der Waals surface area contributed by atoms with E-state index < -0.39 is 0 Å². The first-order valence-corrected chi connectivity index (χ1v) is 8.06. The molecule has 0 bridgehead atoms. The predicted octanol–water partition coefficient (Wildman–Crippen LogP) is 1.67. The highest BCUT2D eigenvalue weighted by Crippen LogP contribution is 2.16. The van der Waals surface area contributed by atoms with E-state index in [1.54, 1.807) is 4.90 Å². The highest BCUT2D eigenvalue weighted by Gasteiger charge is 2.29. The Bertz CT molecular complexity index is 521. The van der Waals surface area contributed by atoms with Crippen LogP contribution >= 0.6 is 0 Å². The van der Waals surface area contributed by atoms with Gasteiger partial charge in [-0.3, -0.25) is 4.79 Å². The van der Waals surface area contributed by atoms with Crippen LogP contribution in [0.4, 0.5) is 4.79 Å². The van der Waals surface area contributed by atoms with E-state index in [4.69, 9.17) is 10.5 Å². The Hall–Kier alpha value is -2.08. The van der Waals surface area contributed by atoms with Gasteiger partial charge in [-0.25, -0.2) is 4.79 Å². The fraction of sp³-hybridized carbons (Fsp3) is 0.529. The number of benzene rings is 1. The number of rotatable bonds is 7. The Morgan fingerprint density at radius 2 is 2.13 bits per heavy atom. The minimum atomic E-state index is -0.330. The van der Waals surface area contributed by atoms with Crippen LogP contribution in [0, 0.1) is 5.92 Å². The number of hydrogen-bond acceptors (Lipinski definition) is 3. The molecule has 1 fully saturated rings. The second-order valence-electron chi connectivity index (χ2n) is 5.84. The van der Waals surface area contributed by atoms with Crippen LogP contribution in [0.1, 0.15) is 31.4 Å². The predicted molar refractivity (Wildman–Crippen MR) is 87.7 cm³/mol. The van der Waals surface area contributed by atoms with Crippen molar-refractivity contribution in [3.63, 3.8) is 0 Å². The summed E-state index contributed by atoms with van der Waals surface area (Å²) < 4.78 is 5.76. The molecule has 0 aliphatic carbocycles. The number of urea groups is 1. The van der Waals surface area contributed by atoms with E-state index in [-0.39, 0.29) is 24.0 Å². The number of hydrogen-bond donors (Lipinski definition) is 2. The van der Waals surface area contributed by atoms with Crippen LogP contribution < -0.4 is 11.1 Å². The number of ether oxygens (including phenoxy) is 1. The van der Waals surface area contributed by atoms with E-state index in [0.717, 1.165) is 12.0 Å². The number of nitrogens with two attached hydrogens (primary N) is 1. The molecule has 126 valence electrons. The van der Waals surface area contributed by atoms with Crippen LogP contribution in [-0.4, -0.2) is 43.1 Å². The van der Waals surface area contributed by atoms with E-state index in [0.29, 0.717) is 32.7 Å². The lowest BCUT2D eigenvalue weighted by Gasteiger charge is -2.17. The van der Waals surface area contributed by atoms with Gasteiger partial charge in [0.1, 0.15) is 0 Å². The highest BCUT2D eigenvalue weighted by atomic mass is 16.5. The molecule has 0 spiro atoms. The standard InChI is InChI=1S/C17H25N3O3/c1-13(14-6-3-2-4-7-14)23-11-5-9-19-17(22)20-10-8-15(12-20)16(18)21/h2-4,6-7,13,15H,5,8-12H2,1H3,(H2,18,21)(H,19,22)/t13-,15+/m1/s1. The molecule has 2 rings (SSSR count). The van der Waals surface area contributed by atoms with Crippen molar-refractivity contribution in [3.05, 3.63) is 35.9 Å². The second-order valence-corrected chi connectivity index (χ2v) is 5.84. The first kappa shape index (κ1) is 17.3. The van der Waals surface area contributed by atoms with Gasteiger partial charge in [-0.1, -0.05) is 30.3 Å². The van der Waals surface area contributed by atoms with Gasteiger partial charge in [-0.15, -0.1) is 0 Å². The zero-order valence-electron chi connectivity index (χ0n) is 13.5. The molecule has 1 aromatic carbocycles. The Labute approximate surface area is 137 Å². The monoisotopic (exact) mass is 319 g/mol. The molecule has 3 N–H and O–H groups in total. The number of amides is 3. The molecule has 0 radical (unpaired) electrons. The Morgan fingerprint density at radius 1 is 1.39 bits per heavy atom. The van der Waals surface area contributed by atoms with Gasteiger partial charge < -0.3 is 20.7 Å². The van der Waals surface area contributed by atoms with Crippen LogP contribution in [0.5, 0.6) is 0 Å². The molecule has 0 saturated carbocycles. The minimum absolute atomic E-state index is 0.0433. The summed E-state index contributed by atoms with van der Waals surface area (Å²) >= 11 is 0. The number of nitrogens with zero attached hydrogens (tertiary/aromatic N) is 1. The molecule has 23 heavy (non-hydrogen) atoms. The number of carbonyl (C=O) groups excluding carboxylic acids is 2. The van der Waals surface area contributed by atoms with Gasteiger partial charge >= 0.3 is 6.03 Å². The Balaban J connectivity index is 1.59. The summed E-state index contributed by atoms with van der Waals surface area (Å²) in [6, 6.07) is 9.90. The van der Waals surface area contributed by atoms with Gasteiger partial charge in [0.05, 0.1) is 12.0 Å². The molecular formula is C17H25N3O3. The number of carbonyl (C=O) groups is 2. The largest absolute Gasteiger partial charge is 0.374 e. The zero-order valence-corrected chi connectivity index (χ0v) is 13.5. The van der Waals surface area contributed by atoms with Crippen LogP contribution in [0.25, 0.3) is 0 Å². The highest BCUT2D eigenvalue weighted by molar-refractivity contribution is 5.80. The third-order valence-corrected chi connectivity index (χ3v) is 4.11. The van der Waals surface area contributed by atoms with Crippen molar-refractivity contribution in [2.24, 2.45) is 11.7 Å². The van der Waals surface area contributed by atoms with Crippen LogP contribution in [0.15, 0.2) is 30.3 Å². The lowest BCUT2D eigenvalue weighted by Crippen LogP contribution is -2.40. The lowest BCUT2D eigenvalue weighted by atomic mass is 10.1. The maximum Gasteiger partial charge on any atom is 0.317 e. The molecule has 1 saturated heterocycles. The fourth-order valence-corrected chi connectivity index (χ4v) is 2.64. The van der Waals surface area contributed by atoms with Gasteiger partial charge in [0.25, 0.3) is 0 Å². The van der Waals surface area contributed by atoms with Crippen molar-refractivity contribution in [1.82, 2.24) is 10.2 Å². The molecule has 1 aromatic rings. The third-order valence-electron chi connectivity index (χ3n) is 4.11. The summed E-state index contributed by atoms with van der Waals surface area (Å²) in [4.78, 5) is 24.7. The van der Waals surface area contributed by atoms with E-state index in [1.807, 2.05) is 37.3 Å². The van der Waals surface area contributed by atoms with Crippen molar-refractivity contribution in [2.75, 3.05) is 26.2 Å². The van der Waals surface area contributed by atoms with Gasteiger partial charge in [0.2, 0.25) is 5.91 Å². The smallest absolute Gasteiger partial charge is 0.317 e. The summed E-state index contributed by atoms with van der Waals surface area (Å²) in [7, 11) is 0. The third kappa shape index (κ3) is 5.25. The van der Waals surface area contributed by atoms with Crippen LogP contribution in [-0.2, 0) is 9.53 Å². The molecule has 6 nitrogen and oxygen atoms in total. The van der Waals surface area contributed by atoms with Gasteiger partial charge in [0, 0.05) is 26.2 Å². The molecule has 0 aromatic heterocycles. The average molecular weight is 319 g/mol. The van der Waals surface area contributed by atoms with E-state index >= 15 is 0 Å². The van der Waals surface area contributed by atoms with Gasteiger partial charge in [-0.2, -0.15) is 0 Å². The average Bonchev–Trinajstić information content (AvgIpc) is 3.05. The quantitative estimate of drug-likeness (QED) is 0.750. The fourth-order valence-electron chi connectivity index (χ4n) is 2.64. The molecule has 1 aliphatic heterocycles. The van der Waals surface area contributed by atoms with Crippen molar-refractivity contribution < 1.29 is 14.3 Å². The topological polar surface area (TPSA) is 84.7 Å². The maximum absolute atomic E-state index is 12.0. The van der Waals surface area contributed by atoms with Crippen LogP contribution in [0.2, 0.25) is 0 Å². The Morgan fingerprint density at radius 3 is 2.78 bits per heavy atom. The lowest BCUT2D eigenvalue weighted by molar-refractivity contribution is -0.121. The second kappa shape index (κ2) is 8.53. The molecule has 0 unspecified atom stereocenters. The molecule has 3 amide bonds. The SMILES string of the molecule is C[C@@H](OCCCNC(=O)N1CC[C@H](C(N)=O)C1)c1ccccc1. The van der Waals surface area contributed by atoms with Crippen molar-refractivity contribution in [2.45, 2.75) is 25.9 Å². The van der Waals surface area contributed by atoms with Crippen LogP contribution in [0.3, 0.4) is 0 Å². The van der Waals surface area contributed by atoms with E-state index in [9.17, 15) is 9.59 Å². The first-order chi connectivity index (χ1) is 11.1. The van der Waals surface area contributed by atoms with E-state index in [1.165, 1.54) is 0 Å². The molecular weight excluding hydrogens is 294 g/mol. The minimum Gasteiger partial charge on any atom is -0.374 e. The van der Waals surface area contributed by atoms with Crippen molar-refractivity contribution in [3.8, 4) is 0 Å². The van der Waals surface area contributed by atoms with E-state index in [2.05, 4.69) is 5.32 Å². The molecule has 1 aliphatic rings.